The Bertz CT molecular complexity index is 1590. The third-order valence-electron chi connectivity index (χ3n) is 13.6. The highest BCUT2D eigenvalue weighted by atomic mass is 31.2. The predicted octanol–water partition coefficient (Wildman–Crippen LogP) is 19.3. The molecule has 0 aliphatic heterocycles. The summed E-state index contributed by atoms with van der Waals surface area (Å²) in [5.41, 5.74) is 0. The summed E-state index contributed by atoms with van der Waals surface area (Å²) in [6.45, 7) is 4.53. The lowest BCUT2D eigenvalue weighted by atomic mass is 10.0. The van der Waals surface area contributed by atoms with Crippen LogP contribution in [0.5, 0.6) is 0 Å². The van der Waals surface area contributed by atoms with E-state index in [-0.39, 0.29) is 25.9 Å². The van der Waals surface area contributed by atoms with Crippen LogP contribution >= 0.6 is 7.82 Å². The van der Waals surface area contributed by atoms with E-state index in [4.69, 9.17) is 23.3 Å². The predicted molar refractivity (Wildman–Crippen MR) is 325 cm³/mol. The van der Waals surface area contributed by atoms with Gasteiger partial charge in [0.2, 0.25) is 0 Å². The zero-order valence-corrected chi connectivity index (χ0v) is 51.0. The van der Waals surface area contributed by atoms with Crippen molar-refractivity contribution in [1.82, 2.24) is 0 Å². The van der Waals surface area contributed by atoms with Crippen LogP contribution in [-0.2, 0) is 42.2 Å². The molecule has 0 heterocycles. The molecule has 3 atom stereocenters. The van der Waals surface area contributed by atoms with Crippen LogP contribution in [0, 0.1) is 0 Å². The quantitative estimate of drug-likeness (QED) is 0.0197. The van der Waals surface area contributed by atoms with Crippen LogP contribution < -0.4 is 0 Å². The van der Waals surface area contributed by atoms with E-state index in [9.17, 15) is 28.9 Å². The maximum Gasteiger partial charge on any atom is 0.472 e. The molecule has 0 saturated heterocycles. The number of carbonyl (C=O) groups is 3. The van der Waals surface area contributed by atoms with Crippen molar-refractivity contribution < 1.29 is 52.2 Å². The van der Waals surface area contributed by atoms with Crippen molar-refractivity contribution in [3.63, 3.8) is 0 Å². The monoisotopic (exact) mass is 1120 g/mol. The summed E-state index contributed by atoms with van der Waals surface area (Å²) in [6, 6.07) is 0. The Morgan fingerprint density at radius 3 is 1.05 bits per heavy atom. The van der Waals surface area contributed by atoms with Gasteiger partial charge >= 0.3 is 25.7 Å². The van der Waals surface area contributed by atoms with Crippen LogP contribution in [0.2, 0.25) is 0 Å². The van der Waals surface area contributed by atoms with E-state index in [1.165, 1.54) is 122 Å². The number of aliphatic hydroxyl groups is 1. The molecule has 0 radical (unpaired) electrons. The van der Waals surface area contributed by atoms with Gasteiger partial charge in [-0.2, -0.15) is 0 Å². The first-order valence-corrected chi connectivity index (χ1v) is 33.3. The van der Waals surface area contributed by atoms with Crippen molar-refractivity contribution in [2.75, 3.05) is 26.4 Å². The summed E-state index contributed by atoms with van der Waals surface area (Å²) in [7, 11) is -4.76. The summed E-state index contributed by atoms with van der Waals surface area (Å²) in [6.07, 6.45) is 68.5. The van der Waals surface area contributed by atoms with Gasteiger partial charge in [0.25, 0.3) is 0 Å². The first-order valence-electron chi connectivity index (χ1n) is 31.8. The number of allylic oxidation sites excluding steroid dienone is 12. The van der Waals surface area contributed by atoms with Gasteiger partial charge in [-0.25, -0.2) is 4.57 Å². The fourth-order valence-corrected chi connectivity index (χ4v) is 9.57. The van der Waals surface area contributed by atoms with Gasteiger partial charge in [0.1, 0.15) is 12.7 Å². The molecule has 0 aromatic carbocycles. The van der Waals surface area contributed by atoms with Crippen molar-refractivity contribution >= 4 is 25.7 Å². The minimum atomic E-state index is -4.76. The zero-order chi connectivity index (χ0) is 56.9. The number of hydrogen-bond acceptors (Lipinski definition) is 10. The first kappa shape index (κ1) is 74.9. The number of ether oxygens (including phenoxy) is 3. The Morgan fingerprint density at radius 1 is 0.372 bits per heavy atom. The fraction of sp³-hybridized carbons (Fsp3) is 0.773. The number of phosphoric ester groups is 1. The van der Waals surface area contributed by atoms with E-state index in [0.29, 0.717) is 19.3 Å². The molecule has 452 valence electrons. The molecule has 0 bridgehead atoms. The lowest BCUT2D eigenvalue weighted by Crippen LogP contribution is -2.30. The SMILES string of the molecule is CC/C=C\C/C=C\C/C=C\C/C=C\C/C=C\CCCCCC(=O)OCC(COP(=O)(O)OCC(CO)OC(=O)CCCCCCC/C=C\CCCCCCCC)OC(=O)CCCCCCCCCCCCCCCCCCC. The van der Waals surface area contributed by atoms with Crippen molar-refractivity contribution in [2.45, 2.75) is 303 Å². The molecule has 0 aliphatic rings. The molecule has 0 aliphatic carbocycles. The molecule has 0 amide bonds. The number of phosphoric acid groups is 1. The van der Waals surface area contributed by atoms with Gasteiger partial charge in [0, 0.05) is 19.3 Å². The number of unbranched alkanes of at least 4 members (excludes halogenated alkanes) is 30. The third-order valence-corrected chi connectivity index (χ3v) is 14.6. The van der Waals surface area contributed by atoms with Crippen molar-refractivity contribution in [3.05, 3.63) is 72.9 Å². The second kappa shape index (κ2) is 60.0. The Kier molecular flexibility index (Phi) is 57.7. The Hall–Kier alpha value is -3.08. The second-order valence-electron chi connectivity index (χ2n) is 21.2. The largest absolute Gasteiger partial charge is 0.472 e. The molecule has 0 aromatic rings. The van der Waals surface area contributed by atoms with Crippen molar-refractivity contribution in [3.8, 4) is 0 Å². The van der Waals surface area contributed by atoms with Gasteiger partial charge < -0.3 is 24.2 Å². The van der Waals surface area contributed by atoms with Gasteiger partial charge in [-0.1, -0.05) is 254 Å². The fourth-order valence-electron chi connectivity index (χ4n) is 8.79. The van der Waals surface area contributed by atoms with E-state index in [0.717, 1.165) is 109 Å². The standard InChI is InChI=1S/C66H117O11P/c1-4-7-10-13-16-19-22-25-28-30-31-33-35-37-40-43-46-49-52-55-64(68)73-59-63(77-66(70)57-54-51-48-45-42-39-36-32-29-26-23-20-17-14-11-8-5-2)61-75-78(71,72)74-60-62(58-67)76-65(69)56-53-50-47-44-41-38-34-27-24-21-18-15-12-9-6-3/h7,10,16,19,25,27-28,31,33-34,37,40,62-63,67H,4-6,8-9,11-15,17-18,20-24,26,29-30,32,35-36,38-39,41-61H2,1-3H3,(H,71,72)/b10-7-,19-16-,28-25-,33-31-,34-27-,40-37-. The van der Waals surface area contributed by atoms with Crippen LogP contribution in [0.15, 0.2) is 72.9 Å². The summed E-state index contributed by atoms with van der Waals surface area (Å²) < 4.78 is 39.6. The second-order valence-corrected chi connectivity index (χ2v) is 22.7. The Labute approximate surface area is 478 Å². The number of carbonyl (C=O) groups excluding carboxylic acids is 3. The maximum absolute atomic E-state index is 12.9. The van der Waals surface area contributed by atoms with E-state index in [1.54, 1.807) is 0 Å². The van der Waals surface area contributed by atoms with Crippen molar-refractivity contribution in [1.29, 1.82) is 0 Å². The molecular weight excluding hydrogens is 1000 g/mol. The zero-order valence-electron chi connectivity index (χ0n) is 50.1. The molecule has 0 aromatic heterocycles. The van der Waals surface area contributed by atoms with Gasteiger partial charge in [0.05, 0.1) is 19.8 Å². The highest BCUT2D eigenvalue weighted by Crippen LogP contribution is 2.43. The topological polar surface area (TPSA) is 155 Å². The molecule has 0 rings (SSSR count). The van der Waals surface area contributed by atoms with Crippen LogP contribution in [0.25, 0.3) is 0 Å². The maximum atomic E-state index is 12.9. The molecule has 0 fully saturated rings. The van der Waals surface area contributed by atoms with Crippen LogP contribution in [0.4, 0.5) is 0 Å². The third kappa shape index (κ3) is 57.6. The number of aliphatic hydroxyl groups excluding tert-OH is 1. The van der Waals surface area contributed by atoms with Gasteiger partial charge in [0.15, 0.2) is 6.10 Å². The summed E-state index contributed by atoms with van der Waals surface area (Å²) in [5.74, 6) is -1.50. The molecule has 12 heteroatoms. The van der Waals surface area contributed by atoms with E-state index in [2.05, 4.69) is 93.7 Å². The number of esters is 3. The molecule has 78 heavy (non-hydrogen) atoms. The Morgan fingerprint density at radius 2 is 0.667 bits per heavy atom. The average Bonchev–Trinajstić information content (AvgIpc) is 3.43. The normalized spacial score (nSPS) is 13.8. The van der Waals surface area contributed by atoms with Crippen LogP contribution in [0.1, 0.15) is 290 Å². The summed E-state index contributed by atoms with van der Waals surface area (Å²) in [5, 5.41) is 9.84. The Balaban J connectivity index is 4.75. The smallest absolute Gasteiger partial charge is 0.462 e. The van der Waals surface area contributed by atoms with Gasteiger partial charge in [-0.3, -0.25) is 23.4 Å². The molecule has 3 unspecified atom stereocenters. The lowest BCUT2D eigenvalue weighted by molar-refractivity contribution is -0.161. The first-order chi connectivity index (χ1) is 38.2. The van der Waals surface area contributed by atoms with Crippen LogP contribution in [0.3, 0.4) is 0 Å². The summed E-state index contributed by atoms with van der Waals surface area (Å²) in [4.78, 5) is 48.7. The summed E-state index contributed by atoms with van der Waals surface area (Å²) >= 11 is 0. The lowest BCUT2D eigenvalue weighted by Gasteiger charge is -2.21. The average molecular weight is 1120 g/mol. The molecule has 0 spiro atoms. The number of hydrogen-bond donors (Lipinski definition) is 2. The highest BCUT2D eigenvalue weighted by Gasteiger charge is 2.28. The molecule has 2 N–H and O–H groups in total. The minimum absolute atomic E-state index is 0.161. The van der Waals surface area contributed by atoms with Gasteiger partial charge in [-0.15, -0.1) is 0 Å². The molecule has 11 nitrogen and oxygen atoms in total. The van der Waals surface area contributed by atoms with Crippen molar-refractivity contribution in [2.24, 2.45) is 0 Å². The molecular formula is C66H117O11P. The van der Waals surface area contributed by atoms with E-state index < -0.39 is 57.8 Å². The highest BCUT2D eigenvalue weighted by molar-refractivity contribution is 7.47. The number of rotatable bonds is 59. The van der Waals surface area contributed by atoms with E-state index >= 15 is 0 Å². The van der Waals surface area contributed by atoms with Gasteiger partial charge in [-0.05, 0) is 89.9 Å². The molecule has 0 saturated carbocycles. The van der Waals surface area contributed by atoms with Crippen LogP contribution in [-0.4, -0.2) is 66.5 Å². The van der Waals surface area contributed by atoms with E-state index in [1.807, 2.05) is 0 Å². The minimum Gasteiger partial charge on any atom is -0.462 e.